The lowest BCUT2D eigenvalue weighted by atomic mass is 10.1. The Bertz CT molecular complexity index is 462. The topological polar surface area (TPSA) is 80.7 Å². The predicted octanol–water partition coefficient (Wildman–Crippen LogP) is 1.76. The van der Waals surface area contributed by atoms with Gasteiger partial charge in [-0.05, 0) is 18.2 Å². The van der Waals surface area contributed by atoms with Crippen molar-refractivity contribution in [2.24, 2.45) is 5.92 Å². The highest BCUT2D eigenvalue weighted by atomic mass is 16.5. The molecule has 1 rings (SSSR count). The van der Waals surface area contributed by atoms with E-state index in [1.54, 1.807) is 13.8 Å². The molecule has 1 aromatic rings. The maximum atomic E-state index is 11.4. The lowest BCUT2D eigenvalue weighted by molar-refractivity contribution is -0.137. The van der Waals surface area contributed by atoms with E-state index >= 15 is 0 Å². The molecule has 0 unspecified atom stereocenters. The van der Waals surface area contributed by atoms with Gasteiger partial charge in [-0.25, -0.2) is 4.79 Å². The maximum Gasteiger partial charge on any atom is 0.339 e. The van der Waals surface area contributed by atoms with Crippen molar-refractivity contribution in [2.75, 3.05) is 0 Å². The Labute approximate surface area is 98.0 Å². The van der Waals surface area contributed by atoms with Crippen molar-refractivity contribution in [3.8, 4) is 5.75 Å². The van der Waals surface area contributed by atoms with E-state index in [9.17, 15) is 14.4 Å². The second kappa shape index (κ2) is 5.25. The van der Waals surface area contributed by atoms with Crippen molar-refractivity contribution in [3.63, 3.8) is 0 Å². The van der Waals surface area contributed by atoms with Crippen LogP contribution in [0.5, 0.6) is 5.75 Å². The smallest absolute Gasteiger partial charge is 0.339 e. The number of carbonyl (C=O) groups is 3. The summed E-state index contributed by atoms with van der Waals surface area (Å²) in [6.07, 6.45) is 0.528. The lowest BCUT2D eigenvalue weighted by Crippen LogP contribution is -2.16. The number of esters is 1. The molecule has 0 saturated heterocycles. The number of carboxylic acids is 1. The Morgan fingerprint density at radius 1 is 1.35 bits per heavy atom. The Balaban J connectivity index is 3.11. The summed E-state index contributed by atoms with van der Waals surface area (Å²) in [6, 6.07) is 3.86. The third-order valence-electron chi connectivity index (χ3n) is 2.05. The first-order chi connectivity index (χ1) is 7.95. The molecule has 0 aliphatic heterocycles. The van der Waals surface area contributed by atoms with E-state index in [2.05, 4.69) is 0 Å². The Morgan fingerprint density at radius 3 is 2.47 bits per heavy atom. The largest absolute Gasteiger partial charge is 0.478 e. The summed E-state index contributed by atoms with van der Waals surface area (Å²) >= 11 is 0. The number of aldehydes is 1. The third-order valence-corrected chi connectivity index (χ3v) is 2.05. The summed E-state index contributed by atoms with van der Waals surface area (Å²) < 4.78 is 4.93. The van der Waals surface area contributed by atoms with Crippen LogP contribution in [0.2, 0.25) is 0 Å². The number of carbonyl (C=O) groups excluding carboxylic acids is 2. The Kier molecular flexibility index (Phi) is 3.98. The number of aromatic carboxylic acids is 1. The van der Waals surface area contributed by atoms with Crippen molar-refractivity contribution in [1.82, 2.24) is 0 Å². The first-order valence-corrected chi connectivity index (χ1v) is 5.00. The fourth-order valence-electron chi connectivity index (χ4n) is 1.10. The number of ether oxygens (including phenoxy) is 1. The van der Waals surface area contributed by atoms with Crippen LogP contribution >= 0.6 is 0 Å². The van der Waals surface area contributed by atoms with Crippen molar-refractivity contribution in [3.05, 3.63) is 29.3 Å². The summed E-state index contributed by atoms with van der Waals surface area (Å²) in [5, 5.41) is 8.93. The molecule has 0 bridgehead atoms. The zero-order chi connectivity index (χ0) is 13.0. The quantitative estimate of drug-likeness (QED) is 0.489. The van der Waals surface area contributed by atoms with Gasteiger partial charge in [0.05, 0.1) is 5.92 Å². The molecule has 0 amide bonds. The third kappa shape index (κ3) is 3.14. The molecule has 0 fully saturated rings. The van der Waals surface area contributed by atoms with Gasteiger partial charge in [0.25, 0.3) is 0 Å². The van der Waals surface area contributed by atoms with Crippen LogP contribution in [0.15, 0.2) is 18.2 Å². The first-order valence-electron chi connectivity index (χ1n) is 5.00. The van der Waals surface area contributed by atoms with Crippen LogP contribution in [0.25, 0.3) is 0 Å². The second-order valence-electron chi connectivity index (χ2n) is 3.75. The molecule has 5 nitrogen and oxygen atoms in total. The standard InChI is InChI=1S/C12H12O5/c1-7(2)12(16)17-10-4-3-8(6-13)5-9(10)11(14)15/h3-7H,1-2H3,(H,14,15). The van der Waals surface area contributed by atoms with E-state index in [0.29, 0.717) is 6.29 Å². The van der Waals surface area contributed by atoms with Gasteiger partial charge in [0, 0.05) is 5.56 Å². The fraction of sp³-hybridized carbons (Fsp3) is 0.250. The zero-order valence-corrected chi connectivity index (χ0v) is 9.47. The van der Waals surface area contributed by atoms with Gasteiger partial charge in [-0.2, -0.15) is 0 Å². The lowest BCUT2D eigenvalue weighted by Gasteiger charge is -2.09. The monoisotopic (exact) mass is 236 g/mol. The molecule has 0 aromatic heterocycles. The number of rotatable bonds is 4. The zero-order valence-electron chi connectivity index (χ0n) is 9.47. The van der Waals surface area contributed by atoms with Gasteiger partial charge in [-0.15, -0.1) is 0 Å². The minimum Gasteiger partial charge on any atom is -0.478 e. The van der Waals surface area contributed by atoms with Gasteiger partial charge >= 0.3 is 11.9 Å². The molecular formula is C12H12O5. The van der Waals surface area contributed by atoms with E-state index < -0.39 is 11.9 Å². The van der Waals surface area contributed by atoms with Crippen LogP contribution < -0.4 is 4.74 Å². The van der Waals surface area contributed by atoms with Gasteiger partial charge in [0.15, 0.2) is 0 Å². The van der Waals surface area contributed by atoms with Crippen LogP contribution in [0.4, 0.5) is 0 Å². The van der Waals surface area contributed by atoms with Gasteiger partial charge in [0.2, 0.25) is 0 Å². The molecule has 0 atom stereocenters. The summed E-state index contributed by atoms with van der Waals surface area (Å²) in [4.78, 5) is 32.8. The highest BCUT2D eigenvalue weighted by Crippen LogP contribution is 2.20. The van der Waals surface area contributed by atoms with Crippen LogP contribution in [0.3, 0.4) is 0 Å². The summed E-state index contributed by atoms with van der Waals surface area (Å²) in [5.41, 5.74) is 0.00958. The number of benzene rings is 1. The molecule has 90 valence electrons. The molecule has 1 N–H and O–H groups in total. The molecule has 0 radical (unpaired) electrons. The van der Waals surface area contributed by atoms with Crippen LogP contribution in [-0.4, -0.2) is 23.3 Å². The average Bonchev–Trinajstić information content (AvgIpc) is 2.29. The van der Waals surface area contributed by atoms with Gasteiger partial charge in [-0.3, -0.25) is 9.59 Å². The first kappa shape index (κ1) is 12.9. The molecule has 0 saturated carbocycles. The van der Waals surface area contributed by atoms with Crippen molar-refractivity contribution in [2.45, 2.75) is 13.8 Å². The van der Waals surface area contributed by atoms with Crippen molar-refractivity contribution < 1.29 is 24.2 Å². The van der Waals surface area contributed by atoms with Crippen molar-refractivity contribution >= 4 is 18.2 Å². The van der Waals surface area contributed by atoms with E-state index in [1.807, 2.05) is 0 Å². The van der Waals surface area contributed by atoms with E-state index in [-0.39, 0.29) is 22.8 Å². The predicted molar refractivity (Wildman–Crippen MR) is 59.3 cm³/mol. The number of carboxylic acid groups (broad SMARTS) is 1. The summed E-state index contributed by atoms with van der Waals surface area (Å²) in [7, 11) is 0. The minimum absolute atomic E-state index is 0.0539. The SMILES string of the molecule is CC(C)C(=O)Oc1ccc(C=O)cc1C(=O)O. The van der Waals surface area contributed by atoms with E-state index in [0.717, 1.165) is 6.07 Å². The normalized spacial score (nSPS) is 10.1. The van der Waals surface area contributed by atoms with Crippen LogP contribution in [0.1, 0.15) is 34.6 Å². The number of hydrogen-bond donors (Lipinski definition) is 1. The Morgan fingerprint density at radius 2 is 2.00 bits per heavy atom. The minimum atomic E-state index is -1.25. The highest BCUT2D eigenvalue weighted by molar-refractivity contribution is 5.94. The molecule has 0 aliphatic carbocycles. The van der Waals surface area contributed by atoms with Gasteiger partial charge in [-0.1, -0.05) is 13.8 Å². The van der Waals surface area contributed by atoms with Crippen LogP contribution in [0, 0.1) is 5.92 Å². The molecule has 0 spiro atoms. The maximum absolute atomic E-state index is 11.4. The van der Waals surface area contributed by atoms with Crippen molar-refractivity contribution in [1.29, 1.82) is 0 Å². The summed E-state index contributed by atoms with van der Waals surface area (Å²) in [5.74, 6) is -2.18. The number of hydrogen-bond acceptors (Lipinski definition) is 4. The van der Waals surface area contributed by atoms with Crippen LogP contribution in [-0.2, 0) is 4.79 Å². The molecule has 17 heavy (non-hydrogen) atoms. The van der Waals surface area contributed by atoms with E-state index in [4.69, 9.17) is 9.84 Å². The molecule has 0 aliphatic rings. The highest BCUT2D eigenvalue weighted by Gasteiger charge is 2.17. The molecule has 0 heterocycles. The average molecular weight is 236 g/mol. The van der Waals surface area contributed by atoms with Gasteiger partial charge < -0.3 is 9.84 Å². The Hall–Kier alpha value is -2.17. The molecule has 5 heteroatoms. The summed E-state index contributed by atoms with van der Waals surface area (Å²) in [6.45, 7) is 3.28. The fourth-order valence-corrected chi connectivity index (χ4v) is 1.10. The molecular weight excluding hydrogens is 224 g/mol. The van der Waals surface area contributed by atoms with E-state index in [1.165, 1.54) is 12.1 Å². The molecule has 1 aromatic carbocycles. The second-order valence-corrected chi connectivity index (χ2v) is 3.75. The van der Waals surface area contributed by atoms with Gasteiger partial charge in [0.1, 0.15) is 17.6 Å².